The van der Waals surface area contributed by atoms with Gasteiger partial charge in [-0.2, -0.15) is 0 Å². The second-order valence-electron chi connectivity index (χ2n) is 5.30. The lowest BCUT2D eigenvalue weighted by atomic mass is 10.0. The summed E-state index contributed by atoms with van der Waals surface area (Å²) in [6.45, 7) is 1.88. The monoisotopic (exact) mass is 346 g/mol. The molecule has 0 aliphatic heterocycles. The van der Waals surface area contributed by atoms with Crippen molar-refractivity contribution in [1.29, 1.82) is 0 Å². The molecule has 6 nitrogen and oxygen atoms in total. The molecule has 0 heterocycles. The van der Waals surface area contributed by atoms with Gasteiger partial charge in [0.2, 0.25) is 11.5 Å². The summed E-state index contributed by atoms with van der Waals surface area (Å²) in [6, 6.07) is 6.87. The summed E-state index contributed by atoms with van der Waals surface area (Å²) in [5, 5.41) is 20.1. The van der Waals surface area contributed by atoms with E-state index in [2.05, 4.69) is 0 Å². The van der Waals surface area contributed by atoms with Crippen LogP contribution in [0.3, 0.4) is 0 Å². The molecule has 25 heavy (non-hydrogen) atoms. The van der Waals surface area contributed by atoms with E-state index in [0.717, 1.165) is 11.1 Å². The maximum Gasteiger partial charge on any atom is 0.203 e. The number of hydrogen-bond acceptors (Lipinski definition) is 6. The molecule has 2 rings (SSSR count). The topological polar surface area (TPSA) is 77.4 Å². The van der Waals surface area contributed by atoms with E-state index in [1.807, 2.05) is 19.1 Å². The molecule has 0 radical (unpaired) electrons. The fourth-order valence-electron chi connectivity index (χ4n) is 2.48. The Kier molecular flexibility index (Phi) is 5.64. The number of aromatic hydroxyl groups is 2. The fourth-order valence-corrected chi connectivity index (χ4v) is 2.48. The Morgan fingerprint density at radius 2 is 1.36 bits per heavy atom. The largest absolute Gasteiger partial charge is 0.504 e. The summed E-state index contributed by atoms with van der Waals surface area (Å²) in [5.74, 6) is 1.24. The van der Waals surface area contributed by atoms with E-state index in [-0.39, 0.29) is 17.2 Å². The molecular formula is C19H22O6. The van der Waals surface area contributed by atoms with Gasteiger partial charge in [-0.25, -0.2) is 0 Å². The number of methoxy groups -OCH3 is 4. The molecule has 0 amide bonds. The molecule has 2 aromatic carbocycles. The normalized spacial score (nSPS) is 11.2. The van der Waals surface area contributed by atoms with Gasteiger partial charge in [0.15, 0.2) is 23.0 Å². The lowest BCUT2D eigenvalue weighted by Crippen LogP contribution is -1.96. The van der Waals surface area contributed by atoms with Crippen LogP contribution in [0.25, 0.3) is 11.6 Å². The van der Waals surface area contributed by atoms with Gasteiger partial charge in [-0.05, 0) is 48.4 Å². The zero-order chi connectivity index (χ0) is 18.6. The molecule has 0 saturated carbocycles. The number of benzene rings is 2. The molecule has 6 heteroatoms. The second kappa shape index (κ2) is 7.70. The van der Waals surface area contributed by atoms with Crippen LogP contribution in [0.4, 0.5) is 0 Å². The SMILES string of the molecule is COc1ccc(/C=C(\C)c2cc(OC)c(OC)c(OC)c2)c(O)c1O. The molecule has 0 unspecified atom stereocenters. The fraction of sp³-hybridized carbons (Fsp3) is 0.263. The van der Waals surface area contributed by atoms with Gasteiger partial charge < -0.3 is 29.2 Å². The van der Waals surface area contributed by atoms with E-state index in [1.54, 1.807) is 39.5 Å². The van der Waals surface area contributed by atoms with Gasteiger partial charge in [-0.1, -0.05) is 0 Å². The van der Waals surface area contributed by atoms with Gasteiger partial charge in [0.05, 0.1) is 28.4 Å². The Bertz CT molecular complexity index is 770. The highest BCUT2D eigenvalue weighted by atomic mass is 16.5. The molecule has 134 valence electrons. The minimum Gasteiger partial charge on any atom is -0.504 e. The standard InChI is InChI=1S/C19H22O6/c1-11(8-12-6-7-14(22-2)18(21)17(12)20)13-9-15(23-3)19(25-5)16(10-13)24-4/h6-10,20-21H,1-5H3/b11-8+. The van der Waals surface area contributed by atoms with Crippen molar-refractivity contribution in [2.75, 3.05) is 28.4 Å². The summed E-state index contributed by atoms with van der Waals surface area (Å²) in [7, 11) is 6.06. The molecular weight excluding hydrogens is 324 g/mol. The Hall–Kier alpha value is -3.02. The number of rotatable bonds is 6. The zero-order valence-electron chi connectivity index (χ0n) is 14.9. The molecule has 0 spiro atoms. The van der Waals surface area contributed by atoms with Gasteiger partial charge >= 0.3 is 0 Å². The summed E-state index contributed by atoms with van der Waals surface area (Å²) < 4.78 is 21.0. The summed E-state index contributed by atoms with van der Waals surface area (Å²) >= 11 is 0. The van der Waals surface area contributed by atoms with E-state index in [0.29, 0.717) is 22.8 Å². The van der Waals surface area contributed by atoms with E-state index < -0.39 is 0 Å². The maximum absolute atomic E-state index is 10.1. The van der Waals surface area contributed by atoms with Crippen molar-refractivity contribution >= 4 is 11.6 Å². The van der Waals surface area contributed by atoms with Gasteiger partial charge in [0, 0.05) is 5.56 Å². The number of hydrogen-bond donors (Lipinski definition) is 2. The van der Waals surface area contributed by atoms with Crippen molar-refractivity contribution in [2.24, 2.45) is 0 Å². The number of phenolic OH excluding ortho intramolecular Hbond substituents is 2. The van der Waals surface area contributed by atoms with Crippen LogP contribution in [0.15, 0.2) is 24.3 Å². The summed E-state index contributed by atoms with van der Waals surface area (Å²) in [6.07, 6.45) is 1.75. The van der Waals surface area contributed by atoms with Crippen molar-refractivity contribution in [2.45, 2.75) is 6.92 Å². The van der Waals surface area contributed by atoms with Crippen molar-refractivity contribution in [3.63, 3.8) is 0 Å². The molecule has 0 aliphatic rings. The highest BCUT2D eigenvalue weighted by molar-refractivity contribution is 5.84. The smallest absolute Gasteiger partial charge is 0.203 e. The van der Waals surface area contributed by atoms with Crippen LogP contribution < -0.4 is 18.9 Å². The third-order valence-corrected chi connectivity index (χ3v) is 3.86. The molecule has 0 atom stereocenters. The van der Waals surface area contributed by atoms with Gasteiger partial charge in [0.1, 0.15) is 0 Å². The molecule has 2 aromatic rings. The van der Waals surface area contributed by atoms with Crippen LogP contribution in [0, 0.1) is 0 Å². The predicted molar refractivity (Wildman–Crippen MR) is 96.0 cm³/mol. The highest BCUT2D eigenvalue weighted by Gasteiger charge is 2.15. The van der Waals surface area contributed by atoms with E-state index in [4.69, 9.17) is 18.9 Å². The van der Waals surface area contributed by atoms with Crippen molar-refractivity contribution in [3.8, 4) is 34.5 Å². The first kappa shape index (κ1) is 18.3. The summed E-state index contributed by atoms with van der Waals surface area (Å²) in [4.78, 5) is 0. The Labute approximate surface area is 146 Å². The number of ether oxygens (including phenoxy) is 4. The van der Waals surface area contributed by atoms with Crippen LogP contribution >= 0.6 is 0 Å². The second-order valence-corrected chi connectivity index (χ2v) is 5.30. The van der Waals surface area contributed by atoms with Gasteiger partial charge in [-0.3, -0.25) is 0 Å². The van der Waals surface area contributed by atoms with Crippen LogP contribution in [-0.2, 0) is 0 Å². The molecule has 0 fully saturated rings. The Morgan fingerprint density at radius 1 is 0.800 bits per heavy atom. The maximum atomic E-state index is 10.1. The molecule has 0 aromatic heterocycles. The quantitative estimate of drug-likeness (QED) is 0.613. The van der Waals surface area contributed by atoms with Crippen LogP contribution in [0.5, 0.6) is 34.5 Å². The Morgan fingerprint density at radius 3 is 1.84 bits per heavy atom. The van der Waals surface area contributed by atoms with Crippen molar-refractivity contribution < 1.29 is 29.2 Å². The summed E-state index contributed by atoms with van der Waals surface area (Å²) in [5.41, 5.74) is 2.12. The van der Waals surface area contributed by atoms with Gasteiger partial charge in [0.25, 0.3) is 0 Å². The molecule has 2 N–H and O–H groups in total. The predicted octanol–water partition coefficient (Wildman–Crippen LogP) is 3.69. The molecule has 0 saturated heterocycles. The minimum absolute atomic E-state index is 0.208. The first-order valence-corrected chi connectivity index (χ1v) is 7.54. The first-order valence-electron chi connectivity index (χ1n) is 7.54. The number of phenols is 2. The zero-order valence-corrected chi connectivity index (χ0v) is 14.9. The average molecular weight is 346 g/mol. The third kappa shape index (κ3) is 3.57. The van der Waals surface area contributed by atoms with E-state index >= 15 is 0 Å². The minimum atomic E-state index is -0.297. The van der Waals surface area contributed by atoms with Crippen LogP contribution in [0.2, 0.25) is 0 Å². The van der Waals surface area contributed by atoms with Crippen LogP contribution in [0.1, 0.15) is 18.1 Å². The van der Waals surface area contributed by atoms with E-state index in [1.165, 1.54) is 7.11 Å². The lowest BCUT2D eigenvalue weighted by molar-refractivity contribution is 0.324. The van der Waals surface area contributed by atoms with Crippen LogP contribution in [-0.4, -0.2) is 38.7 Å². The van der Waals surface area contributed by atoms with Crippen molar-refractivity contribution in [3.05, 3.63) is 35.4 Å². The first-order chi connectivity index (χ1) is 12.0. The third-order valence-electron chi connectivity index (χ3n) is 3.86. The average Bonchev–Trinajstić information content (AvgIpc) is 2.64. The highest BCUT2D eigenvalue weighted by Crippen LogP contribution is 2.42. The number of allylic oxidation sites excluding steroid dienone is 1. The molecule has 0 bridgehead atoms. The lowest BCUT2D eigenvalue weighted by Gasteiger charge is -2.14. The van der Waals surface area contributed by atoms with E-state index in [9.17, 15) is 10.2 Å². The Balaban J connectivity index is 2.52. The van der Waals surface area contributed by atoms with Crippen molar-refractivity contribution in [1.82, 2.24) is 0 Å². The van der Waals surface area contributed by atoms with Gasteiger partial charge in [-0.15, -0.1) is 0 Å². The molecule has 0 aliphatic carbocycles.